The molecule has 14 heavy (non-hydrogen) atoms. The molecule has 0 bridgehead atoms. The highest BCUT2D eigenvalue weighted by Crippen LogP contribution is 2.18. The summed E-state index contributed by atoms with van der Waals surface area (Å²) in [5.41, 5.74) is 1.22. The van der Waals surface area contributed by atoms with Crippen molar-refractivity contribution >= 4 is 22.0 Å². The van der Waals surface area contributed by atoms with Gasteiger partial charge in [-0.2, -0.15) is 0 Å². The lowest BCUT2D eigenvalue weighted by molar-refractivity contribution is 0.232. The lowest BCUT2D eigenvalue weighted by atomic mass is 10.1. The van der Waals surface area contributed by atoms with Gasteiger partial charge in [-0.3, -0.25) is 0 Å². The molecule has 0 aliphatic heterocycles. The molecular formula is C11H12BrFO. The fourth-order valence-corrected chi connectivity index (χ4v) is 1.37. The third-order valence-corrected chi connectivity index (χ3v) is 2.49. The summed E-state index contributed by atoms with van der Waals surface area (Å²) in [6, 6.07) is 4.72. The van der Waals surface area contributed by atoms with E-state index in [1.807, 2.05) is 0 Å². The van der Waals surface area contributed by atoms with E-state index in [9.17, 15) is 9.50 Å². The molecule has 0 aromatic heterocycles. The van der Waals surface area contributed by atoms with Gasteiger partial charge in [-0.1, -0.05) is 22.0 Å². The van der Waals surface area contributed by atoms with E-state index < -0.39 is 6.10 Å². The van der Waals surface area contributed by atoms with Crippen molar-refractivity contribution in [1.82, 2.24) is 0 Å². The van der Waals surface area contributed by atoms with Gasteiger partial charge in [0.1, 0.15) is 5.82 Å². The molecule has 1 N–H and O–H groups in total. The second kappa shape index (κ2) is 4.71. The van der Waals surface area contributed by atoms with Crippen molar-refractivity contribution in [1.29, 1.82) is 0 Å². The molecule has 1 rings (SSSR count). The molecular weight excluding hydrogens is 247 g/mol. The van der Waals surface area contributed by atoms with Crippen molar-refractivity contribution < 1.29 is 9.50 Å². The topological polar surface area (TPSA) is 20.2 Å². The molecule has 0 heterocycles. The van der Waals surface area contributed by atoms with Crippen LogP contribution in [0.5, 0.6) is 0 Å². The van der Waals surface area contributed by atoms with Crippen molar-refractivity contribution in [3.63, 3.8) is 0 Å². The third-order valence-electron chi connectivity index (χ3n) is 2.00. The van der Waals surface area contributed by atoms with Crippen LogP contribution in [0.15, 0.2) is 28.2 Å². The van der Waals surface area contributed by atoms with E-state index >= 15 is 0 Å². The van der Waals surface area contributed by atoms with Crippen LogP contribution in [-0.2, 0) is 0 Å². The van der Waals surface area contributed by atoms with Crippen LogP contribution in [0.1, 0.15) is 19.4 Å². The Morgan fingerprint density at radius 2 is 2.21 bits per heavy atom. The summed E-state index contributed by atoms with van der Waals surface area (Å²) in [6.45, 7) is 3.42. The highest BCUT2D eigenvalue weighted by atomic mass is 79.9. The SMILES string of the molecule is C/C(=C\c1cc(Br)ccc1F)C(C)O. The zero-order valence-corrected chi connectivity index (χ0v) is 9.68. The molecule has 0 saturated carbocycles. The van der Waals surface area contributed by atoms with E-state index in [0.29, 0.717) is 5.56 Å². The van der Waals surface area contributed by atoms with E-state index in [-0.39, 0.29) is 5.82 Å². The number of aliphatic hydroxyl groups is 1. The van der Waals surface area contributed by atoms with Gasteiger partial charge in [0.25, 0.3) is 0 Å². The van der Waals surface area contributed by atoms with Crippen molar-refractivity contribution in [3.05, 3.63) is 39.6 Å². The molecule has 1 atom stereocenters. The zero-order chi connectivity index (χ0) is 10.7. The van der Waals surface area contributed by atoms with Gasteiger partial charge in [-0.15, -0.1) is 0 Å². The third kappa shape index (κ3) is 2.93. The van der Waals surface area contributed by atoms with Crippen LogP contribution in [0.25, 0.3) is 6.08 Å². The highest BCUT2D eigenvalue weighted by molar-refractivity contribution is 9.10. The van der Waals surface area contributed by atoms with E-state index in [1.54, 1.807) is 32.1 Å². The fraction of sp³-hybridized carbons (Fsp3) is 0.273. The summed E-state index contributed by atoms with van der Waals surface area (Å²) in [4.78, 5) is 0. The summed E-state index contributed by atoms with van der Waals surface area (Å²) in [5.74, 6) is -0.284. The first-order valence-corrected chi connectivity index (χ1v) is 5.11. The molecule has 0 spiro atoms. The smallest absolute Gasteiger partial charge is 0.130 e. The maximum atomic E-state index is 13.2. The Balaban J connectivity index is 3.07. The van der Waals surface area contributed by atoms with E-state index in [2.05, 4.69) is 15.9 Å². The Hall–Kier alpha value is -0.670. The Morgan fingerprint density at radius 1 is 1.57 bits per heavy atom. The first kappa shape index (κ1) is 11.4. The van der Waals surface area contributed by atoms with Gasteiger partial charge in [0, 0.05) is 10.0 Å². The largest absolute Gasteiger partial charge is 0.389 e. The monoisotopic (exact) mass is 258 g/mol. The molecule has 0 fully saturated rings. The quantitative estimate of drug-likeness (QED) is 0.863. The van der Waals surface area contributed by atoms with Gasteiger partial charge in [0.15, 0.2) is 0 Å². The van der Waals surface area contributed by atoms with Crippen LogP contribution in [0, 0.1) is 5.82 Å². The summed E-state index contributed by atoms with van der Waals surface area (Å²) >= 11 is 3.26. The second-order valence-electron chi connectivity index (χ2n) is 3.23. The molecule has 0 aliphatic rings. The van der Waals surface area contributed by atoms with Gasteiger partial charge in [-0.05, 0) is 37.6 Å². The average molecular weight is 259 g/mol. The van der Waals surface area contributed by atoms with Crippen LogP contribution in [0.3, 0.4) is 0 Å². The normalized spacial score (nSPS) is 14.2. The van der Waals surface area contributed by atoms with Gasteiger partial charge < -0.3 is 5.11 Å². The molecule has 0 aliphatic carbocycles. The molecule has 0 radical (unpaired) electrons. The number of rotatable bonds is 2. The maximum absolute atomic E-state index is 13.2. The van der Waals surface area contributed by atoms with E-state index in [4.69, 9.17) is 0 Å². The van der Waals surface area contributed by atoms with Crippen molar-refractivity contribution in [3.8, 4) is 0 Å². The Morgan fingerprint density at radius 3 is 2.79 bits per heavy atom. The highest BCUT2D eigenvalue weighted by Gasteiger charge is 2.03. The van der Waals surface area contributed by atoms with E-state index in [1.165, 1.54) is 6.07 Å². The Labute approximate surface area is 91.4 Å². The predicted molar refractivity (Wildman–Crippen MR) is 59.4 cm³/mol. The van der Waals surface area contributed by atoms with Gasteiger partial charge in [0.05, 0.1) is 6.10 Å². The number of aliphatic hydroxyl groups excluding tert-OH is 1. The molecule has 0 saturated heterocycles. The van der Waals surface area contributed by atoms with Gasteiger partial charge in [-0.25, -0.2) is 4.39 Å². The minimum Gasteiger partial charge on any atom is -0.389 e. The first-order chi connectivity index (χ1) is 6.50. The van der Waals surface area contributed by atoms with Crippen molar-refractivity contribution in [2.75, 3.05) is 0 Å². The number of hydrogen-bond acceptors (Lipinski definition) is 1. The number of benzene rings is 1. The fourth-order valence-electron chi connectivity index (χ4n) is 0.991. The number of hydrogen-bond donors (Lipinski definition) is 1. The molecule has 3 heteroatoms. The zero-order valence-electron chi connectivity index (χ0n) is 8.09. The summed E-state index contributed by atoms with van der Waals surface area (Å²) < 4.78 is 14.1. The maximum Gasteiger partial charge on any atom is 0.130 e. The lowest BCUT2D eigenvalue weighted by Crippen LogP contribution is -2.00. The second-order valence-corrected chi connectivity index (χ2v) is 4.15. The van der Waals surface area contributed by atoms with Crippen LogP contribution in [0.2, 0.25) is 0 Å². The Kier molecular flexibility index (Phi) is 3.84. The summed E-state index contributed by atoms with van der Waals surface area (Å²) in [6.07, 6.45) is 1.10. The molecule has 0 amide bonds. The molecule has 1 nitrogen and oxygen atoms in total. The Bertz CT molecular complexity index is 358. The van der Waals surface area contributed by atoms with Gasteiger partial charge >= 0.3 is 0 Å². The van der Waals surface area contributed by atoms with E-state index in [0.717, 1.165) is 10.0 Å². The lowest BCUT2D eigenvalue weighted by Gasteiger charge is -2.05. The summed E-state index contributed by atoms with van der Waals surface area (Å²) in [5, 5.41) is 9.24. The van der Waals surface area contributed by atoms with Crippen LogP contribution < -0.4 is 0 Å². The van der Waals surface area contributed by atoms with Crippen molar-refractivity contribution in [2.45, 2.75) is 20.0 Å². The molecule has 1 unspecified atom stereocenters. The van der Waals surface area contributed by atoms with Crippen molar-refractivity contribution in [2.24, 2.45) is 0 Å². The molecule has 76 valence electrons. The minimum atomic E-state index is -0.548. The van der Waals surface area contributed by atoms with Crippen LogP contribution >= 0.6 is 15.9 Å². The number of halogens is 2. The molecule has 1 aromatic carbocycles. The average Bonchev–Trinajstić information content (AvgIpc) is 2.11. The summed E-state index contributed by atoms with van der Waals surface area (Å²) in [7, 11) is 0. The standard InChI is InChI=1S/C11H12BrFO/c1-7(8(2)14)5-9-6-10(12)3-4-11(9)13/h3-6,8,14H,1-2H3/b7-5+. The van der Waals surface area contributed by atoms with Crippen LogP contribution in [0.4, 0.5) is 4.39 Å². The predicted octanol–water partition coefficient (Wildman–Crippen LogP) is 3.37. The minimum absolute atomic E-state index is 0.284. The van der Waals surface area contributed by atoms with Crippen LogP contribution in [-0.4, -0.2) is 11.2 Å². The first-order valence-electron chi connectivity index (χ1n) is 4.32. The molecule has 1 aromatic rings. The van der Waals surface area contributed by atoms with Gasteiger partial charge in [0.2, 0.25) is 0 Å².